The lowest BCUT2D eigenvalue weighted by Crippen LogP contribution is -2.38. The average molecular weight is 251 g/mol. The van der Waals surface area contributed by atoms with Crippen LogP contribution in [-0.4, -0.2) is 25.0 Å². The summed E-state index contributed by atoms with van der Waals surface area (Å²) in [7, 11) is 2.06. The van der Waals surface area contributed by atoms with Gasteiger partial charge in [-0.2, -0.15) is 0 Å². The third-order valence-electron chi connectivity index (χ3n) is 4.19. The Labute approximate surface area is 108 Å². The van der Waals surface area contributed by atoms with Crippen molar-refractivity contribution in [1.82, 2.24) is 4.90 Å². The van der Waals surface area contributed by atoms with Gasteiger partial charge in [-0.25, -0.2) is 8.78 Å². The summed E-state index contributed by atoms with van der Waals surface area (Å²) in [5, 5.41) is 0. The summed E-state index contributed by atoms with van der Waals surface area (Å²) < 4.78 is 27.5. The molecule has 1 aliphatic heterocycles. The number of hydrogen-bond acceptors (Lipinski definition) is 1. The molecule has 1 unspecified atom stereocenters. The van der Waals surface area contributed by atoms with Crippen LogP contribution in [0.5, 0.6) is 0 Å². The highest BCUT2D eigenvalue weighted by Gasteiger charge is 2.35. The Hall–Kier alpha value is -0.960. The van der Waals surface area contributed by atoms with E-state index in [2.05, 4.69) is 18.9 Å². The van der Waals surface area contributed by atoms with Crippen LogP contribution in [0.25, 0.3) is 0 Å². The molecule has 1 saturated heterocycles. The molecule has 0 aromatic heterocycles. The first kappa shape index (κ1) is 13.5. The van der Waals surface area contributed by atoms with Crippen LogP contribution in [0.2, 0.25) is 0 Å². The van der Waals surface area contributed by atoms with Crippen molar-refractivity contribution in [3.8, 4) is 0 Å². The fraction of sp³-hybridized carbons (Fsp3) is 0.600. The van der Waals surface area contributed by atoms with Gasteiger partial charge in [0.05, 0.1) is 0 Å². The minimum Gasteiger partial charge on any atom is -0.305 e. The number of likely N-dealkylation sites (tertiary alicyclic amines) is 1. The van der Waals surface area contributed by atoms with Crippen LogP contribution in [-0.2, 0) is 5.41 Å². The third kappa shape index (κ3) is 2.56. The lowest BCUT2D eigenvalue weighted by atomic mass is 9.74. The topological polar surface area (TPSA) is 3.24 Å². The van der Waals surface area contributed by atoms with Crippen LogP contribution >= 0.6 is 0 Å². The molecule has 0 spiro atoms. The number of likely N-dealkylation sites (N-methyl/N-ethyl adjacent to an activating group) is 1. The van der Waals surface area contributed by atoms with E-state index in [0.29, 0.717) is 5.56 Å². The molecular weight excluding hydrogens is 230 g/mol. The maximum absolute atomic E-state index is 14.1. The van der Waals surface area contributed by atoms with Gasteiger partial charge in [0.25, 0.3) is 0 Å². The molecule has 0 saturated carbocycles. The molecule has 1 nitrogen and oxygen atoms in total. The van der Waals surface area contributed by atoms with Gasteiger partial charge in [0.1, 0.15) is 11.6 Å². The van der Waals surface area contributed by atoms with Gasteiger partial charge in [0, 0.05) is 12.0 Å². The van der Waals surface area contributed by atoms with E-state index >= 15 is 0 Å². The molecule has 0 aliphatic carbocycles. The van der Waals surface area contributed by atoms with E-state index in [1.165, 1.54) is 18.2 Å². The number of rotatable bonds is 2. The quantitative estimate of drug-likeness (QED) is 0.774. The average Bonchev–Trinajstić information content (AvgIpc) is 2.55. The van der Waals surface area contributed by atoms with E-state index in [0.717, 1.165) is 38.8 Å². The predicted molar refractivity (Wildman–Crippen MR) is 69.7 cm³/mol. The fourth-order valence-corrected chi connectivity index (χ4v) is 3.12. The zero-order chi connectivity index (χ0) is 13.2. The summed E-state index contributed by atoms with van der Waals surface area (Å²) in [5.41, 5.74) is 0.316. The monoisotopic (exact) mass is 251 g/mol. The van der Waals surface area contributed by atoms with Crippen LogP contribution in [0, 0.1) is 11.6 Å². The van der Waals surface area contributed by atoms with E-state index < -0.39 is 0 Å². The second-order valence-corrected chi connectivity index (χ2v) is 5.45. The van der Waals surface area contributed by atoms with Crippen molar-refractivity contribution in [2.75, 3.05) is 20.1 Å². The minimum atomic E-state index is -0.342. The van der Waals surface area contributed by atoms with E-state index in [-0.39, 0.29) is 17.0 Å². The fourth-order valence-electron chi connectivity index (χ4n) is 3.12. The summed E-state index contributed by atoms with van der Waals surface area (Å²) in [6.45, 7) is 3.92. The molecule has 0 radical (unpaired) electrons. The Balaban J connectivity index is 2.44. The van der Waals surface area contributed by atoms with Gasteiger partial charge in [0.15, 0.2) is 0 Å². The van der Waals surface area contributed by atoms with Gasteiger partial charge in [-0.15, -0.1) is 0 Å². The van der Waals surface area contributed by atoms with E-state index in [4.69, 9.17) is 0 Å². The Bertz CT molecular complexity index is 419. The van der Waals surface area contributed by atoms with E-state index in [9.17, 15) is 8.78 Å². The van der Waals surface area contributed by atoms with E-state index in [1.54, 1.807) is 0 Å². The van der Waals surface area contributed by atoms with Crippen LogP contribution < -0.4 is 0 Å². The second kappa shape index (κ2) is 5.35. The Morgan fingerprint density at radius 2 is 2.06 bits per heavy atom. The van der Waals surface area contributed by atoms with Gasteiger partial charge in [-0.05, 0) is 56.6 Å². The van der Waals surface area contributed by atoms with Gasteiger partial charge < -0.3 is 4.90 Å². The third-order valence-corrected chi connectivity index (χ3v) is 4.19. The maximum atomic E-state index is 14.1. The van der Waals surface area contributed by atoms with Crippen molar-refractivity contribution in [3.63, 3.8) is 0 Å². The van der Waals surface area contributed by atoms with E-state index in [1.807, 2.05) is 0 Å². The Morgan fingerprint density at radius 3 is 2.78 bits per heavy atom. The number of hydrogen-bond donors (Lipinski definition) is 0. The molecule has 100 valence electrons. The molecule has 1 fully saturated rings. The highest BCUT2D eigenvalue weighted by Crippen LogP contribution is 2.37. The lowest BCUT2D eigenvalue weighted by Gasteiger charge is -2.35. The molecule has 0 N–H and O–H groups in total. The number of benzene rings is 1. The summed E-state index contributed by atoms with van der Waals surface area (Å²) in [6, 6.07) is 3.84. The Morgan fingerprint density at radius 1 is 1.28 bits per heavy atom. The zero-order valence-corrected chi connectivity index (χ0v) is 11.2. The van der Waals surface area contributed by atoms with Crippen LogP contribution in [0.4, 0.5) is 8.78 Å². The SMILES string of the molecule is CCC1(c2cc([18F])ccc2[18F])CCCCN(C)C1. The molecule has 1 aromatic carbocycles. The summed E-state index contributed by atoms with van der Waals surface area (Å²) in [5.74, 6) is -0.611. The first-order valence-corrected chi connectivity index (χ1v) is 6.71. The van der Waals surface area contributed by atoms with Crippen molar-refractivity contribution in [3.05, 3.63) is 35.4 Å². The minimum absolute atomic E-state index is 0.239. The zero-order valence-electron chi connectivity index (χ0n) is 11.2. The normalized spacial score (nSPS) is 26.0. The van der Waals surface area contributed by atoms with Gasteiger partial charge in [-0.3, -0.25) is 0 Å². The van der Waals surface area contributed by atoms with Crippen LogP contribution in [0.3, 0.4) is 0 Å². The van der Waals surface area contributed by atoms with Crippen LogP contribution in [0.15, 0.2) is 18.2 Å². The molecule has 1 atom stereocenters. The van der Waals surface area contributed by atoms with Crippen molar-refractivity contribution in [2.24, 2.45) is 0 Å². The predicted octanol–water partition coefficient (Wildman–Crippen LogP) is 3.73. The molecule has 1 aliphatic rings. The smallest absolute Gasteiger partial charge is 0.127 e. The molecule has 1 heterocycles. The number of halogens is 2. The first-order chi connectivity index (χ1) is 8.57. The molecule has 2 rings (SSSR count). The molecule has 18 heavy (non-hydrogen) atoms. The largest absolute Gasteiger partial charge is 0.305 e. The van der Waals surface area contributed by atoms with Gasteiger partial charge in [-0.1, -0.05) is 13.3 Å². The molecule has 0 amide bonds. The van der Waals surface area contributed by atoms with Crippen molar-refractivity contribution >= 4 is 0 Å². The lowest BCUT2D eigenvalue weighted by molar-refractivity contribution is 0.250. The van der Waals surface area contributed by atoms with Gasteiger partial charge >= 0.3 is 0 Å². The highest BCUT2D eigenvalue weighted by molar-refractivity contribution is 5.29. The standard InChI is InChI=1S/C15H21F2N/c1-3-15(8-4-5-9-18(2)11-15)13-10-12(16)6-7-14(13)17/h6-7,10H,3-5,8-9,11H2,1-2H3/i16-1,17-1. The molecular formula is C15H21F2N. The number of nitrogens with zero attached hydrogens (tertiary/aromatic N) is 1. The summed E-state index contributed by atoms with van der Waals surface area (Å²) in [4.78, 5) is 2.24. The Kier molecular flexibility index (Phi) is 4.00. The molecule has 1 aromatic rings. The molecule has 3 heteroatoms. The van der Waals surface area contributed by atoms with Crippen molar-refractivity contribution in [2.45, 2.75) is 38.0 Å². The highest BCUT2D eigenvalue weighted by atomic mass is 18.2. The summed E-state index contributed by atoms with van der Waals surface area (Å²) >= 11 is 0. The maximum Gasteiger partial charge on any atom is 0.127 e. The first-order valence-electron chi connectivity index (χ1n) is 6.71. The van der Waals surface area contributed by atoms with Crippen molar-refractivity contribution in [1.29, 1.82) is 0 Å². The van der Waals surface area contributed by atoms with Crippen molar-refractivity contribution < 1.29 is 8.78 Å². The second-order valence-electron chi connectivity index (χ2n) is 5.45. The summed E-state index contributed by atoms with van der Waals surface area (Å²) in [6.07, 6.45) is 4.00. The van der Waals surface area contributed by atoms with Crippen LogP contribution in [0.1, 0.15) is 38.2 Å². The molecule has 0 bridgehead atoms. The van der Waals surface area contributed by atoms with Gasteiger partial charge in [0.2, 0.25) is 0 Å².